The first-order valence-corrected chi connectivity index (χ1v) is 10.9. The predicted molar refractivity (Wildman–Crippen MR) is 110 cm³/mol. The van der Waals surface area contributed by atoms with Crippen LogP contribution in [0.15, 0.2) is 70.4 Å². The van der Waals surface area contributed by atoms with Crippen molar-refractivity contribution in [3.8, 4) is 0 Å². The fourth-order valence-electron chi connectivity index (χ4n) is 3.12. The van der Waals surface area contributed by atoms with E-state index >= 15 is 0 Å². The summed E-state index contributed by atoms with van der Waals surface area (Å²) in [6.07, 6.45) is 0. The van der Waals surface area contributed by atoms with Crippen LogP contribution in [0.25, 0.3) is 21.0 Å². The van der Waals surface area contributed by atoms with Crippen LogP contribution in [0, 0.1) is 0 Å². The molecule has 0 saturated heterocycles. The number of nitrogens with one attached hydrogen (secondary N) is 1. The third-order valence-corrected chi connectivity index (χ3v) is 6.89. The fraction of sp³-hybridized carbons (Fsp3) is 0.150. The van der Waals surface area contributed by atoms with E-state index in [2.05, 4.69) is 4.72 Å². The lowest BCUT2D eigenvalue weighted by molar-refractivity contribution is 0.581. The van der Waals surface area contributed by atoms with Crippen molar-refractivity contribution in [3.63, 3.8) is 0 Å². The van der Waals surface area contributed by atoms with Gasteiger partial charge in [0.15, 0.2) is 0 Å². The highest BCUT2D eigenvalue weighted by Gasteiger charge is 2.16. The minimum absolute atomic E-state index is 0.0776. The molecule has 0 bridgehead atoms. The Labute approximate surface area is 160 Å². The van der Waals surface area contributed by atoms with Gasteiger partial charge >= 0.3 is 4.87 Å². The molecule has 0 aliphatic rings. The highest BCUT2D eigenvalue weighted by molar-refractivity contribution is 7.89. The van der Waals surface area contributed by atoms with Gasteiger partial charge in [-0.3, -0.25) is 9.36 Å². The number of hydrogen-bond acceptors (Lipinski definition) is 4. The average molecular weight is 399 g/mol. The Kier molecular flexibility index (Phi) is 4.59. The number of nitrogens with zero attached hydrogens (tertiary/aromatic N) is 1. The molecule has 0 unspecified atom stereocenters. The molecule has 0 aliphatic heterocycles. The van der Waals surface area contributed by atoms with Crippen molar-refractivity contribution in [1.82, 2.24) is 9.29 Å². The summed E-state index contributed by atoms with van der Waals surface area (Å²) in [6.45, 7) is 2.66. The second-order valence-electron chi connectivity index (χ2n) is 6.25. The van der Waals surface area contributed by atoms with Crippen LogP contribution >= 0.6 is 11.3 Å². The van der Waals surface area contributed by atoms with Gasteiger partial charge in [0.2, 0.25) is 10.0 Å². The summed E-state index contributed by atoms with van der Waals surface area (Å²) in [6, 6.07) is 18.6. The van der Waals surface area contributed by atoms with Crippen molar-refractivity contribution in [2.24, 2.45) is 0 Å². The highest BCUT2D eigenvalue weighted by atomic mass is 32.2. The number of rotatable bonds is 5. The van der Waals surface area contributed by atoms with Gasteiger partial charge in [0, 0.05) is 13.1 Å². The Hall–Kier alpha value is -2.48. The standard InChI is InChI=1S/C20H18N2O3S2/c1-2-22-18-10-9-17(12-19(18)26-20(22)23)27(24,25)21-13-14-7-8-15-5-3-4-6-16(15)11-14/h3-12,21H,2,13H2,1H3. The first kappa shape index (κ1) is 17.9. The van der Waals surface area contributed by atoms with E-state index in [-0.39, 0.29) is 16.3 Å². The van der Waals surface area contributed by atoms with E-state index in [0.717, 1.165) is 33.2 Å². The molecule has 138 valence electrons. The van der Waals surface area contributed by atoms with Gasteiger partial charge < -0.3 is 0 Å². The smallest absolute Gasteiger partial charge is 0.299 e. The zero-order valence-electron chi connectivity index (χ0n) is 14.7. The van der Waals surface area contributed by atoms with E-state index in [1.165, 1.54) is 0 Å². The van der Waals surface area contributed by atoms with E-state index in [9.17, 15) is 13.2 Å². The molecule has 5 nitrogen and oxygen atoms in total. The van der Waals surface area contributed by atoms with Gasteiger partial charge in [0.05, 0.1) is 15.1 Å². The third-order valence-electron chi connectivity index (χ3n) is 4.55. The number of sulfonamides is 1. The molecule has 0 atom stereocenters. The zero-order chi connectivity index (χ0) is 19.0. The van der Waals surface area contributed by atoms with Crippen molar-refractivity contribution in [1.29, 1.82) is 0 Å². The maximum atomic E-state index is 12.7. The lowest BCUT2D eigenvalue weighted by atomic mass is 10.1. The number of fused-ring (bicyclic) bond motifs is 2. The van der Waals surface area contributed by atoms with Crippen molar-refractivity contribution < 1.29 is 8.42 Å². The molecule has 7 heteroatoms. The number of thiazole rings is 1. The Morgan fingerprint density at radius 3 is 2.56 bits per heavy atom. The van der Waals surface area contributed by atoms with Crippen LogP contribution in [0.3, 0.4) is 0 Å². The molecule has 0 saturated carbocycles. The van der Waals surface area contributed by atoms with Crippen LogP contribution in [-0.4, -0.2) is 13.0 Å². The molecular formula is C20H18N2O3S2. The zero-order valence-corrected chi connectivity index (χ0v) is 16.3. The summed E-state index contributed by atoms with van der Waals surface area (Å²) >= 11 is 1.06. The summed E-state index contributed by atoms with van der Waals surface area (Å²) in [5.41, 5.74) is 1.65. The maximum absolute atomic E-state index is 12.7. The van der Waals surface area contributed by atoms with E-state index in [4.69, 9.17) is 0 Å². The van der Waals surface area contributed by atoms with Crippen LogP contribution in [-0.2, 0) is 23.1 Å². The lowest BCUT2D eigenvalue weighted by Crippen LogP contribution is -2.23. The molecule has 3 aromatic carbocycles. The predicted octanol–water partition coefficient (Wildman–Crippen LogP) is 3.71. The second-order valence-corrected chi connectivity index (χ2v) is 9.01. The van der Waals surface area contributed by atoms with Gasteiger partial charge in [0.25, 0.3) is 0 Å². The van der Waals surface area contributed by atoms with Crippen molar-refractivity contribution in [3.05, 3.63) is 75.9 Å². The summed E-state index contributed by atoms with van der Waals surface area (Å²) in [5.74, 6) is 0. The lowest BCUT2D eigenvalue weighted by Gasteiger charge is -2.08. The first-order valence-electron chi connectivity index (χ1n) is 8.59. The molecule has 0 aliphatic carbocycles. The molecule has 27 heavy (non-hydrogen) atoms. The van der Waals surface area contributed by atoms with Crippen LogP contribution in [0.5, 0.6) is 0 Å². The Morgan fingerprint density at radius 1 is 1.00 bits per heavy atom. The molecule has 1 N–H and O–H groups in total. The van der Waals surface area contributed by atoms with Crippen molar-refractivity contribution in [2.45, 2.75) is 24.9 Å². The molecule has 0 radical (unpaired) electrons. The van der Waals surface area contributed by atoms with Gasteiger partial charge in [0.1, 0.15) is 0 Å². The van der Waals surface area contributed by atoms with Gasteiger partial charge in [-0.2, -0.15) is 0 Å². The molecule has 1 heterocycles. The molecule has 1 aromatic heterocycles. The van der Waals surface area contributed by atoms with E-state index in [1.54, 1.807) is 22.8 Å². The fourth-order valence-corrected chi connectivity index (χ4v) is 5.24. The number of aryl methyl sites for hydroxylation is 1. The summed E-state index contributed by atoms with van der Waals surface area (Å²) in [4.78, 5) is 12.1. The van der Waals surface area contributed by atoms with Crippen LogP contribution in [0.1, 0.15) is 12.5 Å². The number of benzene rings is 3. The van der Waals surface area contributed by atoms with Crippen LogP contribution < -0.4 is 9.60 Å². The highest BCUT2D eigenvalue weighted by Crippen LogP contribution is 2.22. The van der Waals surface area contributed by atoms with E-state index in [1.807, 2.05) is 49.4 Å². The van der Waals surface area contributed by atoms with E-state index in [0.29, 0.717) is 11.2 Å². The summed E-state index contributed by atoms with van der Waals surface area (Å²) < 4.78 is 30.3. The minimum Gasteiger partial charge on any atom is -0.299 e. The monoisotopic (exact) mass is 398 g/mol. The number of aromatic nitrogens is 1. The van der Waals surface area contributed by atoms with Crippen molar-refractivity contribution >= 4 is 42.3 Å². The summed E-state index contributed by atoms with van der Waals surface area (Å²) in [7, 11) is -3.67. The van der Waals surface area contributed by atoms with Gasteiger partial charge in [-0.25, -0.2) is 13.1 Å². The third kappa shape index (κ3) is 3.41. The molecule has 0 spiro atoms. The normalized spacial score (nSPS) is 12.0. The Balaban J connectivity index is 1.60. The molecular weight excluding hydrogens is 380 g/mol. The molecule has 4 aromatic rings. The van der Waals surface area contributed by atoms with Crippen LogP contribution in [0.4, 0.5) is 0 Å². The Morgan fingerprint density at radius 2 is 1.78 bits per heavy atom. The maximum Gasteiger partial charge on any atom is 0.308 e. The first-order chi connectivity index (χ1) is 13.0. The van der Waals surface area contributed by atoms with Gasteiger partial charge in [-0.05, 0) is 47.5 Å². The van der Waals surface area contributed by atoms with Crippen LogP contribution in [0.2, 0.25) is 0 Å². The minimum atomic E-state index is -3.67. The molecule has 0 amide bonds. The average Bonchev–Trinajstić information content (AvgIpc) is 3.00. The second kappa shape index (κ2) is 6.92. The molecule has 0 fully saturated rings. The van der Waals surface area contributed by atoms with Gasteiger partial charge in [-0.1, -0.05) is 47.7 Å². The largest absolute Gasteiger partial charge is 0.308 e. The molecule has 4 rings (SSSR count). The Bertz CT molecular complexity index is 1300. The van der Waals surface area contributed by atoms with Gasteiger partial charge in [-0.15, -0.1) is 0 Å². The summed E-state index contributed by atoms with van der Waals surface area (Å²) in [5, 5.41) is 2.19. The number of hydrogen-bond donors (Lipinski definition) is 1. The SMILES string of the molecule is CCn1c(=O)sc2cc(S(=O)(=O)NCc3ccc4ccccc4c3)ccc21. The topological polar surface area (TPSA) is 68.2 Å². The van der Waals surface area contributed by atoms with E-state index < -0.39 is 10.0 Å². The quantitative estimate of drug-likeness (QED) is 0.557. The van der Waals surface area contributed by atoms with Crippen molar-refractivity contribution in [2.75, 3.05) is 0 Å².